The van der Waals surface area contributed by atoms with Crippen molar-refractivity contribution in [3.63, 3.8) is 0 Å². The highest BCUT2D eigenvalue weighted by Crippen LogP contribution is 2.51. The Balaban J connectivity index is 1.07. The summed E-state index contributed by atoms with van der Waals surface area (Å²) in [4.78, 5) is 0. The molecule has 1 aliphatic carbocycles. The van der Waals surface area contributed by atoms with E-state index in [0.717, 1.165) is 0 Å². The maximum Gasteiger partial charge on any atom is -0.00201 e. The van der Waals surface area contributed by atoms with Crippen molar-refractivity contribution in [2.45, 2.75) is 0 Å². The van der Waals surface area contributed by atoms with E-state index in [1.807, 2.05) is 0 Å². The van der Waals surface area contributed by atoms with Gasteiger partial charge in [0.15, 0.2) is 0 Å². The van der Waals surface area contributed by atoms with Gasteiger partial charge in [-0.15, -0.1) is 0 Å². The van der Waals surface area contributed by atoms with Crippen LogP contribution in [0.25, 0.3) is 98.7 Å². The lowest BCUT2D eigenvalue weighted by molar-refractivity contribution is 1.58. The molecule has 0 aromatic heterocycles. The Bertz CT molecular complexity index is 2560. The fourth-order valence-electron chi connectivity index (χ4n) is 7.78. The molecule has 0 saturated carbocycles. The lowest BCUT2D eigenvalue weighted by Crippen LogP contribution is -1.88. The van der Waals surface area contributed by atoms with Crippen LogP contribution in [0.3, 0.4) is 0 Å². The van der Waals surface area contributed by atoms with E-state index in [1.165, 1.54) is 98.7 Å². The second kappa shape index (κ2) is 8.89. The summed E-state index contributed by atoms with van der Waals surface area (Å²) in [6, 6.07) is 58.5. The van der Waals surface area contributed by atoms with Gasteiger partial charge in [0.25, 0.3) is 0 Å². The molecule has 0 bridgehead atoms. The molecule has 0 atom stereocenters. The molecule has 0 radical (unpaired) electrons. The van der Waals surface area contributed by atoms with Crippen molar-refractivity contribution in [1.82, 2.24) is 0 Å². The standard InChI is InChI=1S/C44H26/c1-6-30-20-21-32-22-24-35(39-25-23-31(7-1)41(30)43(32)39)34-11-2-10-33(26-34)27-16-18-28(19-17-27)36-12-5-14-38-37-13-3-8-29-9-4-15-40(42(29)37)44(36)38/h1-26H. The van der Waals surface area contributed by atoms with E-state index in [-0.39, 0.29) is 0 Å². The van der Waals surface area contributed by atoms with Gasteiger partial charge >= 0.3 is 0 Å². The lowest BCUT2D eigenvalue weighted by Gasteiger charge is -2.15. The van der Waals surface area contributed by atoms with Crippen molar-refractivity contribution in [3.8, 4) is 55.6 Å². The van der Waals surface area contributed by atoms with Crippen LogP contribution in [0.15, 0.2) is 158 Å². The van der Waals surface area contributed by atoms with E-state index in [9.17, 15) is 0 Å². The second-order valence-electron chi connectivity index (χ2n) is 12.1. The highest BCUT2D eigenvalue weighted by molar-refractivity contribution is 6.25. The van der Waals surface area contributed by atoms with E-state index in [2.05, 4.69) is 158 Å². The summed E-state index contributed by atoms with van der Waals surface area (Å²) >= 11 is 0. The van der Waals surface area contributed by atoms with E-state index < -0.39 is 0 Å². The van der Waals surface area contributed by atoms with E-state index in [4.69, 9.17) is 0 Å². The molecule has 0 amide bonds. The zero-order chi connectivity index (χ0) is 28.8. The van der Waals surface area contributed by atoms with Gasteiger partial charge in [-0.05, 0) is 105 Å². The average molecular weight is 555 g/mol. The number of fused-ring (bicyclic) bond motifs is 3. The monoisotopic (exact) mass is 554 g/mol. The molecule has 0 heterocycles. The molecule has 0 saturated heterocycles. The molecular formula is C44H26. The van der Waals surface area contributed by atoms with Crippen molar-refractivity contribution >= 4 is 43.1 Å². The Labute approximate surface area is 255 Å². The smallest absolute Gasteiger partial charge is 0.00201 e. The van der Waals surface area contributed by atoms with Crippen LogP contribution in [0.4, 0.5) is 0 Å². The van der Waals surface area contributed by atoms with E-state index in [1.54, 1.807) is 0 Å². The summed E-state index contributed by atoms with van der Waals surface area (Å²) in [5, 5.41) is 10.6. The minimum atomic E-state index is 1.23. The normalized spacial score (nSPS) is 12.1. The van der Waals surface area contributed by atoms with Gasteiger partial charge in [-0.25, -0.2) is 0 Å². The van der Waals surface area contributed by atoms with Gasteiger partial charge < -0.3 is 0 Å². The zero-order valence-electron chi connectivity index (χ0n) is 24.0. The molecule has 0 nitrogen and oxygen atoms in total. The maximum atomic E-state index is 2.35. The van der Waals surface area contributed by atoms with Crippen molar-refractivity contribution in [1.29, 1.82) is 0 Å². The first kappa shape index (κ1) is 23.8. The topological polar surface area (TPSA) is 0 Å². The van der Waals surface area contributed by atoms with E-state index >= 15 is 0 Å². The summed E-state index contributed by atoms with van der Waals surface area (Å²) < 4.78 is 0. The zero-order valence-corrected chi connectivity index (χ0v) is 24.0. The molecule has 0 fully saturated rings. The Morgan fingerprint density at radius 3 is 1.61 bits per heavy atom. The van der Waals surface area contributed by atoms with Gasteiger partial charge in [0.2, 0.25) is 0 Å². The quantitative estimate of drug-likeness (QED) is 0.191. The summed E-state index contributed by atoms with van der Waals surface area (Å²) in [5.74, 6) is 0. The van der Waals surface area contributed by atoms with Crippen molar-refractivity contribution < 1.29 is 0 Å². The van der Waals surface area contributed by atoms with Crippen molar-refractivity contribution in [2.75, 3.05) is 0 Å². The van der Waals surface area contributed by atoms with Crippen LogP contribution in [-0.4, -0.2) is 0 Å². The Kier molecular flexibility index (Phi) is 4.81. The Hall–Kier alpha value is -5.72. The summed E-state index contributed by atoms with van der Waals surface area (Å²) in [6.07, 6.45) is 0. The third-order valence-electron chi connectivity index (χ3n) is 9.76. The number of hydrogen-bond donors (Lipinski definition) is 0. The lowest BCUT2D eigenvalue weighted by atomic mass is 9.89. The van der Waals surface area contributed by atoms with Crippen molar-refractivity contribution in [3.05, 3.63) is 158 Å². The summed E-state index contributed by atoms with van der Waals surface area (Å²) in [5.41, 5.74) is 12.9. The second-order valence-corrected chi connectivity index (χ2v) is 12.1. The number of hydrogen-bond acceptors (Lipinski definition) is 0. The van der Waals surface area contributed by atoms with E-state index in [0.29, 0.717) is 0 Å². The molecule has 0 unspecified atom stereocenters. The highest BCUT2D eigenvalue weighted by atomic mass is 14.3. The van der Waals surface area contributed by atoms with Crippen LogP contribution in [0.5, 0.6) is 0 Å². The first-order chi connectivity index (χ1) is 21.8. The minimum Gasteiger partial charge on any atom is -0.0610 e. The third-order valence-corrected chi connectivity index (χ3v) is 9.76. The number of rotatable bonds is 3. The molecule has 44 heavy (non-hydrogen) atoms. The van der Waals surface area contributed by atoms with Crippen LogP contribution in [0, 0.1) is 0 Å². The van der Waals surface area contributed by atoms with Gasteiger partial charge in [-0.3, -0.25) is 0 Å². The van der Waals surface area contributed by atoms with Gasteiger partial charge in [0.1, 0.15) is 0 Å². The molecule has 9 aromatic carbocycles. The predicted molar refractivity (Wildman–Crippen MR) is 188 cm³/mol. The molecule has 0 spiro atoms. The molecule has 9 aromatic rings. The molecule has 202 valence electrons. The third kappa shape index (κ3) is 3.28. The van der Waals surface area contributed by atoms with Gasteiger partial charge in [-0.1, -0.05) is 152 Å². The van der Waals surface area contributed by atoms with Gasteiger partial charge in [0, 0.05) is 0 Å². The molecule has 0 aliphatic heterocycles. The first-order valence-electron chi connectivity index (χ1n) is 15.4. The molecule has 0 N–H and O–H groups in total. The van der Waals surface area contributed by atoms with Crippen LogP contribution in [0.1, 0.15) is 0 Å². The minimum absolute atomic E-state index is 1.23. The van der Waals surface area contributed by atoms with Crippen molar-refractivity contribution in [2.24, 2.45) is 0 Å². The summed E-state index contributed by atoms with van der Waals surface area (Å²) in [6.45, 7) is 0. The van der Waals surface area contributed by atoms with Crippen LogP contribution in [-0.2, 0) is 0 Å². The highest BCUT2D eigenvalue weighted by Gasteiger charge is 2.24. The number of benzene rings is 9. The average Bonchev–Trinajstić information content (AvgIpc) is 3.43. The molecule has 10 rings (SSSR count). The fourth-order valence-corrected chi connectivity index (χ4v) is 7.78. The first-order valence-corrected chi connectivity index (χ1v) is 15.4. The molecular weight excluding hydrogens is 528 g/mol. The molecule has 0 heteroatoms. The van der Waals surface area contributed by atoms with Gasteiger partial charge in [0.05, 0.1) is 0 Å². The van der Waals surface area contributed by atoms with Crippen LogP contribution in [0.2, 0.25) is 0 Å². The Morgan fingerprint density at radius 2 is 0.795 bits per heavy atom. The summed E-state index contributed by atoms with van der Waals surface area (Å²) in [7, 11) is 0. The Morgan fingerprint density at radius 1 is 0.250 bits per heavy atom. The maximum absolute atomic E-state index is 2.35. The fraction of sp³-hybridized carbons (Fsp3) is 0. The predicted octanol–water partition coefficient (Wildman–Crippen LogP) is 12.4. The largest absolute Gasteiger partial charge is 0.0610 e. The molecule has 1 aliphatic rings. The SMILES string of the molecule is c1cc(-c2ccc(-c3cccc4c3-c3cccc5cccc-4c35)cc2)cc(-c2ccc3ccc4cccc5ccc2c3c45)c1. The van der Waals surface area contributed by atoms with Crippen LogP contribution < -0.4 is 0 Å². The van der Waals surface area contributed by atoms with Crippen LogP contribution >= 0.6 is 0 Å². The van der Waals surface area contributed by atoms with Gasteiger partial charge in [-0.2, -0.15) is 0 Å².